The predicted octanol–water partition coefficient (Wildman–Crippen LogP) is 2.88. The molecule has 0 saturated carbocycles. The lowest BCUT2D eigenvalue weighted by Crippen LogP contribution is -2.41. The molecule has 0 spiro atoms. The van der Waals surface area contributed by atoms with Crippen LogP contribution in [0.3, 0.4) is 0 Å². The summed E-state index contributed by atoms with van der Waals surface area (Å²) in [5.41, 5.74) is -0.227. The third kappa shape index (κ3) is 3.89. The minimum atomic E-state index is -2.97. The molecule has 0 N–H and O–H groups in total. The van der Waals surface area contributed by atoms with Crippen molar-refractivity contribution in [3.63, 3.8) is 0 Å². The Morgan fingerprint density at radius 3 is 2.16 bits per heavy atom. The van der Waals surface area contributed by atoms with E-state index in [1.807, 2.05) is 27.7 Å². The fraction of sp³-hybridized carbons (Fsp3) is 0.667. The highest BCUT2D eigenvalue weighted by Crippen LogP contribution is 2.37. The van der Waals surface area contributed by atoms with E-state index in [0.717, 1.165) is 5.46 Å². The van der Waals surface area contributed by atoms with E-state index in [9.17, 15) is 8.78 Å². The molecule has 0 aliphatic carbocycles. The smallest absolute Gasteiger partial charge is 0.399 e. The largest absolute Gasteiger partial charge is 0.494 e. The molecule has 2 aliphatic rings. The SMILES string of the molecule is CC1(C)OB(c2ccc(C(F)(F)CC3COCCO3)cc2)OC1(C)C. The quantitative estimate of drug-likeness (QED) is 0.780. The van der Waals surface area contributed by atoms with Gasteiger partial charge in [-0.05, 0) is 33.2 Å². The average Bonchev–Trinajstić information content (AvgIpc) is 2.76. The second-order valence-corrected chi connectivity index (χ2v) is 7.69. The van der Waals surface area contributed by atoms with Crippen molar-refractivity contribution >= 4 is 12.6 Å². The van der Waals surface area contributed by atoms with E-state index in [2.05, 4.69) is 0 Å². The Labute approximate surface area is 147 Å². The number of benzene rings is 1. The zero-order chi connectivity index (χ0) is 18.3. The van der Waals surface area contributed by atoms with Crippen LogP contribution in [-0.2, 0) is 24.7 Å². The highest BCUT2D eigenvalue weighted by atomic mass is 19.3. The first-order valence-corrected chi connectivity index (χ1v) is 8.64. The summed E-state index contributed by atoms with van der Waals surface area (Å²) < 4.78 is 51.4. The van der Waals surface area contributed by atoms with Crippen LogP contribution in [0, 0.1) is 0 Å². The lowest BCUT2D eigenvalue weighted by Gasteiger charge is -2.32. The van der Waals surface area contributed by atoms with Crippen LogP contribution >= 0.6 is 0 Å². The van der Waals surface area contributed by atoms with Crippen molar-refractivity contribution in [3.8, 4) is 0 Å². The van der Waals surface area contributed by atoms with Crippen molar-refractivity contribution in [2.75, 3.05) is 19.8 Å². The van der Waals surface area contributed by atoms with Gasteiger partial charge in [0.25, 0.3) is 5.92 Å². The molecule has 2 heterocycles. The minimum absolute atomic E-state index is 0.0399. The Hall–Kier alpha value is -1.02. The first kappa shape index (κ1) is 18.8. The van der Waals surface area contributed by atoms with Crippen molar-refractivity contribution in [2.24, 2.45) is 0 Å². The van der Waals surface area contributed by atoms with Gasteiger partial charge in [0, 0.05) is 12.0 Å². The highest BCUT2D eigenvalue weighted by molar-refractivity contribution is 6.62. The van der Waals surface area contributed by atoms with Gasteiger partial charge in [0.05, 0.1) is 37.1 Å². The zero-order valence-electron chi connectivity index (χ0n) is 15.2. The summed E-state index contributed by atoms with van der Waals surface area (Å²) in [5, 5.41) is 0. The van der Waals surface area contributed by atoms with Gasteiger partial charge >= 0.3 is 7.12 Å². The summed E-state index contributed by atoms with van der Waals surface area (Å²) in [6.07, 6.45) is -0.963. The van der Waals surface area contributed by atoms with Crippen LogP contribution in [0.15, 0.2) is 24.3 Å². The number of ether oxygens (including phenoxy) is 2. The fourth-order valence-corrected chi connectivity index (χ4v) is 2.92. The van der Waals surface area contributed by atoms with Crippen LogP contribution in [0.4, 0.5) is 8.78 Å². The average molecular weight is 354 g/mol. The minimum Gasteiger partial charge on any atom is -0.399 e. The summed E-state index contributed by atoms with van der Waals surface area (Å²) in [7, 11) is -0.553. The maximum absolute atomic E-state index is 14.5. The van der Waals surface area contributed by atoms with Crippen LogP contribution < -0.4 is 5.46 Å². The van der Waals surface area contributed by atoms with E-state index < -0.39 is 30.3 Å². The molecule has 1 atom stereocenters. The van der Waals surface area contributed by atoms with Gasteiger partial charge in [0.2, 0.25) is 0 Å². The van der Waals surface area contributed by atoms with Crippen molar-refractivity contribution in [1.82, 2.24) is 0 Å². The molecular formula is C18H25BF2O4. The van der Waals surface area contributed by atoms with Gasteiger partial charge in [-0.25, -0.2) is 8.78 Å². The van der Waals surface area contributed by atoms with Crippen LogP contribution in [0.1, 0.15) is 39.7 Å². The summed E-state index contributed by atoms with van der Waals surface area (Å²) in [6.45, 7) is 8.88. The molecule has 4 nitrogen and oxygen atoms in total. The van der Waals surface area contributed by atoms with E-state index in [1.54, 1.807) is 12.1 Å². The molecule has 138 valence electrons. The number of hydrogen-bond acceptors (Lipinski definition) is 4. The Morgan fingerprint density at radius 1 is 1.04 bits per heavy atom. The second-order valence-electron chi connectivity index (χ2n) is 7.69. The number of hydrogen-bond donors (Lipinski definition) is 0. The Bertz CT molecular complexity index is 582. The molecule has 25 heavy (non-hydrogen) atoms. The molecule has 0 aromatic heterocycles. The maximum Gasteiger partial charge on any atom is 0.494 e. The van der Waals surface area contributed by atoms with Crippen molar-refractivity contribution in [2.45, 2.75) is 57.3 Å². The molecule has 0 amide bonds. The molecule has 3 rings (SSSR count). The van der Waals surface area contributed by atoms with E-state index in [-0.39, 0.29) is 18.6 Å². The third-order valence-electron chi connectivity index (χ3n) is 5.23. The van der Waals surface area contributed by atoms with E-state index in [4.69, 9.17) is 18.8 Å². The van der Waals surface area contributed by atoms with E-state index >= 15 is 0 Å². The van der Waals surface area contributed by atoms with Gasteiger partial charge < -0.3 is 18.8 Å². The monoisotopic (exact) mass is 354 g/mol. The lowest BCUT2D eigenvalue weighted by molar-refractivity contribution is -0.132. The topological polar surface area (TPSA) is 36.9 Å². The Morgan fingerprint density at radius 2 is 1.64 bits per heavy atom. The number of alkyl halides is 2. The van der Waals surface area contributed by atoms with Crippen LogP contribution in [0.5, 0.6) is 0 Å². The molecule has 2 aliphatic heterocycles. The van der Waals surface area contributed by atoms with E-state index in [0.29, 0.717) is 13.2 Å². The second kappa shape index (κ2) is 6.61. The first-order chi connectivity index (χ1) is 11.6. The first-order valence-electron chi connectivity index (χ1n) is 8.64. The maximum atomic E-state index is 14.5. The molecule has 0 bridgehead atoms. The lowest BCUT2D eigenvalue weighted by atomic mass is 9.78. The van der Waals surface area contributed by atoms with Crippen LogP contribution in [-0.4, -0.2) is 44.2 Å². The molecule has 2 saturated heterocycles. The van der Waals surface area contributed by atoms with Crippen molar-refractivity contribution in [3.05, 3.63) is 29.8 Å². The predicted molar refractivity (Wildman–Crippen MR) is 91.2 cm³/mol. The number of halogens is 2. The standard InChI is InChI=1S/C18H25BF2O4/c1-16(2)17(3,4)25-19(24-16)14-7-5-13(6-8-14)18(20,21)11-15-12-22-9-10-23-15/h5-8,15H,9-12H2,1-4H3. The van der Waals surface area contributed by atoms with Crippen molar-refractivity contribution in [1.29, 1.82) is 0 Å². The molecular weight excluding hydrogens is 329 g/mol. The summed E-state index contributed by atoms with van der Waals surface area (Å²) in [5.74, 6) is -2.97. The Kier molecular flexibility index (Phi) is 4.96. The fourth-order valence-electron chi connectivity index (χ4n) is 2.92. The van der Waals surface area contributed by atoms with Crippen molar-refractivity contribution < 1.29 is 27.6 Å². The van der Waals surface area contributed by atoms with Gasteiger partial charge in [-0.3, -0.25) is 0 Å². The third-order valence-corrected chi connectivity index (χ3v) is 5.23. The molecule has 0 radical (unpaired) electrons. The molecule has 2 fully saturated rings. The van der Waals surface area contributed by atoms with Gasteiger partial charge in [0.15, 0.2) is 0 Å². The highest BCUT2D eigenvalue weighted by Gasteiger charge is 2.51. The molecule has 7 heteroatoms. The Balaban J connectivity index is 1.69. The molecule has 1 aromatic carbocycles. The van der Waals surface area contributed by atoms with Gasteiger partial charge in [-0.15, -0.1) is 0 Å². The summed E-state index contributed by atoms with van der Waals surface area (Å²) in [4.78, 5) is 0. The number of rotatable bonds is 4. The summed E-state index contributed by atoms with van der Waals surface area (Å²) in [6, 6.07) is 6.15. The summed E-state index contributed by atoms with van der Waals surface area (Å²) >= 11 is 0. The van der Waals surface area contributed by atoms with Gasteiger partial charge in [-0.1, -0.05) is 24.3 Å². The molecule has 1 unspecified atom stereocenters. The van der Waals surface area contributed by atoms with Crippen LogP contribution in [0.2, 0.25) is 0 Å². The zero-order valence-corrected chi connectivity index (χ0v) is 15.2. The van der Waals surface area contributed by atoms with Crippen LogP contribution in [0.25, 0.3) is 0 Å². The van der Waals surface area contributed by atoms with E-state index in [1.165, 1.54) is 12.1 Å². The van der Waals surface area contributed by atoms with Gasteiger partial charge in [-0.2, -0.15) is 0 Å². The molecule has 1 aromatic rings. The normalized spacial score (nSPS) is 26.0. The van der Waals surface area contributed by atoms with Gasteiger partial charge in [0.1, 0.15) is 0 Å².